The molecule has 0 aliphatic rings. The van der Waals surface area contributed by atoms with E-state index in [0.717, 1.165) is 25.2 Å². The van der Waals surface area contributed by atoms with Crippen molar-refractivity contribution in [2.24, 2.45) is 5.41 Å². The number of hydrogen-bond acceptors (Lipinski definition) is 3. The van der Waals surface area contributed by atoms with Gasteiger partial charge < -0.3 is 10.4 Å². The normalized spacial score (nSPS) is 11.4. The number of rotatable bonds is 6. The van der Waals surface area contributed by atoms with E-state index in [1.54, 1.807) is 6.20 Å². The van der Waals surface area contributed by atoms with Gasteiger partial charge in [0.2, 0.25) is 0 Å². The molecule has 0 unspecified atom stereocenters. The minimum Gasteiger partial charge on any atom is -0.396 e. The van der Waals surface area contributed by atoms with E-state index in [1.807, 2.05) is 18.2 Å². The van der Waals surface area contributed by atoms with E-state index in [4.69, 9.17) is 0 Å². The summed E-state index contributed by atoms with van der Waals surface area (Å²) in [5.41, 5.74) is -0.0163. The molecule has 0 spiro atoms. The Morgan fingerprint density at radius 1 is 1.33 bits per heavy atom. The van der Waals surface area contributed by atoms with Crippen LogP contribution in [0.5, 0.6) is 0 Å². The van der Waals surface area contributed by atoms with Crippen molar-refractivity contribution in [1.29, 1.82) is 0 Å². The number of aromatic nitrogens is 1. The number of anilines is 1. The lowest BCUT2D eigenvalue weighted by molar-refractivity contribution is 0.127. The predicted molar refractivity (Wildman–Crippen MR) is 62.8 cm³/mol. The lowest BCUT2D eigenvalue weighted by atomic mass is 9.83. The molecule has 0 aliphatic carbocycles. The number of pyridine rings is 1. The summed E-state index contributed by atoms with van der Waals surface area (Å²) < 4.78 is 0. The first-order valence-corrected chi connectivity index (χ1v) is 5.52. The molecule has 0 aromatic carbocycles. The van der Waals surface area contributed by atoms with Crippen LogP contribution in [0.1, 0.15) is 26.7 Å². The van der Waals surface area contributed by atoms with E-state index in [0.29, 0.717) is 0 Å². The highest BCUT2D eigenvalue weighted by molar-refractivity contribution is 5.33. The van der Waals surface area contributed by atoms with Crippen LogP contribution in [0.3, 0.4) is 0 Å². The number of hydrogen-bond donors (Lipinski definition) is 2. The molecule has 0 amide bonds. The second-order valence-corrected chi connectivity index (χ2v) is 3.93. The van der Waals surface area contributed by atoms with E-state index in [9.17, 15) is 5.11 Å². The van der Waals surface area contributed by atoms with E-state index in [1.165, 1.54) is 0 Å². The van der Waals surface area contributed by atoms with Crippen LogP contribution < -0.4 is 5.32 Å². The van der Waals surface area contributed by atoms with Crippen molar-refractivity contribution < 1.29 is 5.11 Å². The summed E-state index contributed by atoms with van der Waals surface area (Å²) in [5, 5.41) is 12.7. The van der Waals surface area contributed by atoms with Crippen LogP contribution in [0.4, 0.5) is 5.82 Å². The minimum atomic E-state index is -0.0163. The zero-order valence-corrected chi connectivity index (χ0v) is 9.53. The fourth-order valence-electron chi connectivity index (χ4n) is 1.52. The molecule has 2 N–H and O–H groups in total. The van der Waals surface area contributed by atoms with Crippen LogP contribution in [0.2, 0.25) is 0 Å². The summed E-state index contributed by atoms with van der Waals surface area (Å²) in [6.45, 7) is 5.22. The Morgan fingerprint density at radius 3 is 2.53 bits per heavy atom. The molecule has 0 saturated heterocycles. The van der Waals surface area contributed by atoms with Gasteiger partial charge in [0.25, 0.3) is 0 Å². The van der Waals surface area contributed by atoms with Crippen LogP contribution in [0.15, 0.2) is 24.4 Å². The molecular weight excluding hydrogens is 188 g/mol. The molecule has 0 aliphatic heterocycles. The Labute approximate surface area is 91.5 Å². The molecule has 84 valence electrons. The summed E-state index contributed by atoms with van der Waals surface area (Å²) in [4.78, 5) is 4.19. The standard InChI is InChI=1S/C12H20N2O/c1-3-12(4-2,10-15)9-14-11-7-5-6-8-13-11/h5-8,15H,3-4,9-10H2,1-2H3,(H,13,14). The van der Waals surface area contributed by atoms with Gasteiger partial charge in [0.05, 0.1) is 6.61 Å². The highest BCUT2D eigenvalue weighted by atomic mass is 16.3. The Morgan fingerprint density at radius 2 is 2.07 bits per heavy atom. The Balaban J connectivity index is 2.54. The molecule has 0 atom stereocenters. The topological polar surface area (TPSA) is 45.1 Å². The van der Waals surface area contributed by atoms with Crippen molar-refractivity contribution >= 4 is 5.82 Å². The van der Waals surface area contributed by atoms with Gasteiger partial charge in [-0.25, -0.2) is 4.98 Å². The first-order chi connectivity index (χ1) is 7.26. The second-order valence-electron chi connectivity index (χ2n) is 3.93. The molecule has 1 aromatic rings. The third-order valence-electron chi connectivity index (χ3n) is 3.14. The molecule has 0 bridgehead atoms. The zero-order valence-electron chi connectivity index (χ0n) is 9.53. The van der Waals surface area contributed by atoms with Crippen LogP contribution in [0.25, 0.3) is 0 Å². The SMILES string of the molecule is CCC(CC)(CO)CNc1ccccn1. The van der Waals surface area contributed by atoms with Gasteiger partial charge in [-0.05, 0) is 25.0 Å². The molecule has 3 nitrogen and oxygen atoms in total. The molecule has 3 heteroatoms. The third-order valence-corrected chi connectivity index (χ3v) is 3.14. The summed E-state index contributed by atoms with van der Waals surface area (Å²) in [5.74, 6) is 0.872. The third kappa shape index (κ3) is 3.20. The van der Waals surface area contributed by atoms with Crippen LogP contribution in [-0.4, -0.2) is 23.2 Å². The van der Waals surface area contributed by atoms with Crippen molar-refractivity contribution in [3.05, 3.63) is 24.4 Å². The van der Waals surface area contributed by atoms with E-state index in [-0.39, 0.29) is 12.0 Å². The van der Waals surface area contributed by atoms with Crippen molar-refractivity contribution in [2.75, 3.05) is 18.5 Å². The first kappa shape index (κ1) is 12.0. The van der Waals surface area contributed by atoms with Crippen LogP contribution in [0, 0.1) is 5.41 Å². The van der Waals surface area contributed by atoms with E-state index >= 15 is 0 Å². The van der Waals surface area contributed by atoms with Gasteiger partial charge in [0.1, 0.15) is 5.82 Å². The number of nitrogens with zero attached hydrogens (tertiary/aromatic N) is 1. The maximum atomic E-state index is 9.39. The quantitative estimate of drug-likeness (QED) is 0.754. The Hall–Kier alpha value is -1.09. The van der Waals surface area contributed by atoms with Gasteiger partial charge in [-0.15, -0.1) is 0 Å². The zero-order chi connectivity index (χ0) is 11.1. The highest BCUT2D eigenvalue weighted by Crippen LogP contribution is 2.25. The van der Waals surface area contributed by atoms with Crippen molar-refractivity contribution in [1.82, 2.24) is 4.98 Å². The van der Waals surface area contributed by atoms with Gasteiger partial charge in [-0.1, -0.05) is 19.9 Å². The lowest BCUT2D eigenvalue weighted by Crippen LogP contribution is -2.32. The second kappa shape index (κ2) is 5.71. The molecular formula is C12H20N2O. The van der Waals surface area contributed by atoms with Crippen molar-refractivity contribution in [3.8, 4) is 0 Å². The van der Waals surface area contributed by atoms with Gasteiger partial charge in [0.15, 0.2) is 0 Å². The first-order valence-electron chi connectivity index (χ1n) is 5.52. The van der Waals surface area contributed by atoms with E-state index in [2.05, 4.69) is 24.1 Å². The number of aliphatic hydroxyl groups excluding tert-OH is 1. The summed E-state index contributed by atoms with van der Waals surface area (Å²) >= 11 is 0. The monoisotopic (exact) mass is 208 g/mol. The number of nitrogens with one attached hydrogen (secondary N) is 1. The maximum Gasteiger partial charge on any atom is 0.125 e. The molecule has 1 rings (SSSR count). The smallest absolute Gasteiger partial charge is 0.125 e. The fraction of sp³-hybridized carbons (Fsp3) is 0.583. The van der Waals surface area contributed by atoms with Gasteiger partial charge >= 0.3 is 0 Å². The average Bonchev–Trinajstić information content (AvgIpc) is 2.33. The molecule has 1 heterocycles. The van der Waals surface area contributed by atoms with Crippen molar-refractivity contribution in [2.45, 2.75) is 26.7 Å². The number of aliphatic hydroxyl groups is 1. The van der Waals surface area contributed by atoms with Gasteiger partial charge in [-0.2, -0.15) is 0 Å². The molecule has 0 radical (unpaired) electrons. The molecule has 0 saturated carbocycles. The fourth-order valence-corrected chi connectivity index (χ4v) is 1.52. The molecule has 1 aromatic heterocycles. The summed E-state index contributed by atoms with van der Waals surface area (Å²) in [6, 6.07) is 5.78. The van der Waals surface area contributed by atoms with Gasteiger partial charge in [-0.3, -0.25) is 0 Å². The summed E-state index contributed by atoms with van der Waals surface area (Å²) in [7, 11) is 0. The largest absolute Gasteiger partial charge is 0.396 e. The van der Waals surface area contributed by atoms with E-state index < -0.39 is 0 Å². The maximum absolute atomic E-state index is 9.39. The van der Waals surface area contributed by atoms with Gasteiger partial charge in [0, 0.05) is 18.2 Å². The lowest BCUT2D eigenvalue weighted by Gasteiger charge is -2.29. The Kier molecular flexibility index (Phi) is 4.56. The average molecular weight is 208 g/mol. The molecule has 0 fully saturated rings. The highest BCUT2D eigenvalue weighted by Gasteiger charge is 2.24. The van der Waals surface area contributed by atoms with Crippen LogP contribution in [-0.2, 0) is 0 Å². The molecule has 15 heavy (non-hydrogen) atoms. The van der Waals surface area contributed by atoms with Crippen LogP contribution >= 0.6 is 0 Å². The minimum absolute atomic E-state index is 0.0163. The Bertz CT molecular complexity index is 262. The van der Waals surface area contributed by atoms with Crippen molar-refractivity contribution in [3.63, 3.8) is 0 Å². The predicted octanol–water partition coefficient (Wildman–Crippen LogP) is 2.29. The summed E-state index contributed by atoms with van der Waals surface area (Å²) in [6.07, 6.45) is 3.71.